The molecule has 0 aliphatic rings. The number of rotatable bonds is 3. The monoisotopic (exact) mass is 264 g/mol. The fraction of sp³-hybridized carbons (Fsp3) is 0.250. The number of alkyl halides is 2. The normalized spacial score (nSPS) is 10.6. The Bertz CT molecular complexity index is 357. The van der Waals surface area contributed by atoms with E-state index in [0.29, 0.717) is 12.0 Å². The van der Waals surface area contributed by atoms with E-state index in [1.54, 1.807) is 0 Å². The average Bonchev–Trinajstić information content (AvgIpc) is 2.16. The minimum Gasteiger partial charge on any atom is -0.325 e. The Morgan fingerprint density at radius 3 is 2.71 bits per heavy atom. The van der Waals surface area contributed by atoms with Gasteiger partial charge in [0.1, 0.15) is 0 Å². The molecule has 0 saturated heterocycles. The van der Waals surface area contributed by atoms with Crippen molar-refractivity contribution in [3.05, 3.63) is 27.5 Å². The Morgan fingerprint density at radius 2 is 2.29 bits per heavy atom. The highest BCUT2D eigenvalue weighted by Gasteiger charge is 2.19. The minimum absolute atomic E-state index is 0.0411. The number of hydrogen-bond acceptors (Lipinski definition) is 3. The summed E-state index contributed by atoms with van der Waals surface area (Å²) in [5.41, 5.74) is 5.12. The minimum atomic E-state index is -2.72. The van der Waals surface area contributed by atoms with E-state index < -0.39 is 6.43 Å². The van der Waals surface area contributed by atoms with E-state index in [-0.39, 0.29) is 22.1 Å². The molecule has 76 valence electrons. The van der Waals surface area contributed by atoms with E-state index in [0.717, 1.165) is 6.20 Å². The van der Waals surface area contributed by atoms with Crippen molar-refractivity contribution in [3.8, 4) is 0 Å². The van der Waals surface area contributed by atoms with Crippen molar-refractivity contribution >= 4 is 22.2 Å². The first-order chi connectivity index (χ1) is 6.61. The third kappa shape index (κ3) is 1.96. The van der Waals surface area contributed by atoms with Crippen molar-refractivity contribution in [2.45, 2.75) is 13.0 Å². The fourth-order valence-corrected chi connectivity index (χ4v) is 1.68. The van der Waals surface area contributed by atoms with Crippen LogP contribution in [0.2, 0.25) is 0 Å². The Morgan fingerprint density at radius 1 is 1.64 bits per heavy atom. The second-order valence-corrected chi connectivity index (χ2v) is 3.30. The number of carbonyl (C=O) groups excluding carboxylic acids is 1. The molecule has 0 aliphatic heterocycles. The summed E-state index contributed by atoms with van der Waals surface area (Å²) in [6, 6.07) is 0. The summed E-state index contributed by atoms with van der Waals surface area (Å²) < 4.78 is 25.2. The van der Waals surface area contributed by atoms with Crippen molar-refractivity contribution in [2.75, 3.05) is 0 Å². The van der Waals surface area contributed by atoms with Crippen LogP contribution in [-0.2, 0) is 6.54 Å². The number of aldehydes is 1. The molecule has 1 heterocycles. The fourth-order valence-electron chi connectivity index (χ4n) is 1.01. The van der Waals surface area contributed by atoms with Gasteiger partial charge in [0.05, 0.1) is 5.69 Å². The maximum absolute atomic E-state index is 12.5. The third-order valence-electron chi connectivity index (χ3n) is 1.70. The van der Waals surface area contributed by atoms with Gasteiger partial charge in [0.25, 0.3) is 6.43 Å². The van der Waals surface area contributed by atoms with Gasteiger partial charge >= 0.3 is 0 Å². The first kappa shape index (κ1) is 11.2. The Labute approximate surface area is 87.4 Å². The van der Waals surface area contributed by atoms with Crippen LogP contribution in [0.5, 0.6) is 0 Å². The van der Waals surface area contributed by atoms with Crippen LogP contribution in [0.15, 0.2) is 10.7 Å². The molecule has 0 aromatic carbocycles. The van der Waals surface area contributed by atoms with Gasteiger partial charge in [0.2, 0.25) is 0 Å². The van der Waals surface area contributed by atoms with Crippen LogP contribution in [0.4, 0.5) is 8.78 Å². The van der Waals surface area contributed by atoms with Gasteiger partial charge in [-0.1, -0.05) is 0 Å². The number of pyridine rings is 1. The summed E-state index contributed by atoms with van der Waals surface area (Å²) in [7, 11) is 0. The van der Waals surface area contributed by atoms with Crippen LogP contribution >= 0.6 is 15.9 Å². The lowest BCUT2D eigenvalue weighted by atomic mass is 10.1. The molecular weight excluding hydrogens is 258 g/mol. The molecule has 0 radical (unpaired) electrons. The predicted molar refractivity (Wildman–Crippen MR) is 50.2 cm³/mol. The van der Waals surface area contributed by atoms with Crippen molar-refractivity contribution in [2.24, 2.45) is 5.73 Å². The molecular formula is C8H7BrF2N2O. The summed E-state index contributed by atoms with van der Waals surface area (Å²) in [6.07, 6.45) is -1.28. The lowest BCUT2D eigenvalue weighted by molar-refractivity contribution is 0.110. The van der Waals surface area contributed by atoms with E-state index in [1.165, 1.54) is 0 Å². The molecule has 0 aliphatic carbocycles. The maximum Gasteiger partial charge on any atom is 0.265 e. The average molecular weight is 265 g/mol. The molecule has 0 amide bonds. The van der Waals surface area contributed by atoms with Crippen LogP contribution in [0.3, 0.4) is 0 Å². The first-order valence-electron chi connectivity index (χ1n) is 3.72. The second-order valence-electron chi connectivity index (χ2n) is 2.51. The number of halogens is 3. The second kappa shape index (κ2) is 4.56. The quantitative estimate of drug-likeness (QED) is 0.851. The maximum atomic E-state index is 12.5. The topological polar surface area (TPSA) is 56.0 Å². The largest absolute Gasteiger partial charge is 0.325 e. The number of carbonyl (C=O) groups is 1. The summed E-state index contributed by atoms with van der Waals surface area (Å²) >= 11 is 2.95. The first-order valence-corrected chi connectivity index (χ1v) is 4.51. The van der Waals surface area contributed by atoms with Crippen molar-refractivity contribution < 1.29 is 13.6 Å². The van der Waals surface area contributed by atoms with Gasteiger partial charge in [-0.15, -0.1) is 0 Å². The Kier molecular flexibility index (Phi) is 3.65. The Balaban J connectivity index is 3.38. The number of hydrogen-bond donors (Lipinski definition) is 1. The number of aromatic nitrogens is 1. The van der Waals surface area contributed by atoms with Crippen LogP contribution < -0.4 is 5.73 Å². The highest BCUT2D eigenvalue weighted by Crippen LogP contribution is 2.31. The molecule has 0 unspecified atom stereocenters. The van der Waals surface area contributed by atoms with E-state index >= 15 is 0 Å². The van der Waals surface area contributed by atoms with Gasteiger partial charge in [0.15, 0.2) is 6.29 Å². The molecule has 1 aromatic rings. The smallest absolute Gasteiger partial charge is 0.265 e. The molecule has 1 aromatic heterocycles. The van der Waals surface area contributed by atoms with Crippen LogP contribution in [0.25, 0.3) is 0 Å². The highest BCUT2D eigenvalue weighted by atomic mass is 79.9. The zero-order valence-electron chi connectivity index (χ0n) is 7.01. The van der Waals surface area contributed by atoms with Crippen molar-refractivity contribution in [3.63, 3.8) is 0 Å². The number of nitrogens with two attached hydrogens (primary N) is 1. The summed E-state index contributed by atoms with van der Waals surface area (Å²) in [6.45, 7) is 0.0411. The van der Waals surface area contributed by atoms with Gasteiger partial charge in [-0.25, -0.2) is 8.78 Å². The van der Waals surface area contributed by atoms with E-state index in [1.807, 2.05) is 0 Å². The summed E-state index contributed by atoms with van der Waals surface area (Å²) in [5, 5.41) is 0. The number of nitrogens with zero attached hydrogens (tertiary/aromatic N) is 1. The Hall–Kier alpha value is -0.880. The molecule has 3 nitrogen and oxygen atoms in total. The van der Waals surface area contributed by atoms with Gasteiger partial charge in [-0.3, -0.25) is 9.78 Å². The highest BCUT2D eigenvalue weighted by molar-refractivity contribution is 9.10. The van der Waals surface area contributed by atoms with Gasteiger partial charge in [-0.05, 0) is 15.9 Å². The van der Waals surface area contributed by atoms with E-state index in [9.17, 15) is 13.6 Å². The predicted octanol–water partition coefficient (Wildman–Crippen LogP) is 2.05. The molecule has 0 fully saturated rings. The molecule has 0 atom stereocenters. The SMILES string of the molecule is NCc1ncc(C=O)c(C(F)F)c1Br. The molecule has 14 heavy (non-hydrogen) atoms. The summed E-state index contributed by atoms with van der Waals surface area (Å²) in [5.74, 6) is 0. The van der Waals surface area contributed by atoms with Crippen LogP contribution in [0, 0.1) is 0 Å². The molecule has 0 spiro atoms. The van der Waals surface area contributed by atoms with Crippen LogP contribution in [-0.4, -0.2) is 11.3 Å². The van der Waals surface area contributed by atoms with Crippen molar-refractivity contribution in [1.29, 1.82) is 0 Å². The van der Waals surface area contributed by atoms with Gasteiger partial charge < -0.3 is 5.73 Å². The standard InChI is InChI=1S/C8H7BrF2N2O/c9-7-5(1-12)13-2-4(3-14)6(7)8(10)11/h2-3,8H,1,12H2. The third-order valence-corrected chi connectivity index (χ3v) is 2.58. The molecule has 0 bridgehead atoms. The zero-order valence-corrected chi connectivity index (χ0v) is 8.59. The lowest BCUT2D eigenvalue weighted by Gasteiger charge is -2.09. The summed E-state index contributed by atoms with van der Waals surface area (Å²) in [4.78, 5) is 14.2. The van der Waals surface area contributed by atoms with Crippen molar-refractivity contribution in [1.82, 2.24) is 4.98 Å². The van der Waals surface area contributed by atoms with Gasteiger partial charge in [-0.2, -0.15) is 0 Å². The van der Waals surface area contributed by atoms with E-state index in [4.69, 9.17) is 5.73 Å². The van der Waals surface area contributed by atoms with Gasteiger partial charge in [0, 0.05) is 28.3 Å². The zero-order chi connectivity index (χ0) is 10.7. The molecule has 2 N–H and O–H groups in total. The van der Waals surface area contributed by atoms with E-state index in [2.05, 4.69) is 20.9 Å². The molecule has 0 saturated carbocycles. The lowest BCUT2D eigenvalue weighted by Crippen LogP contribution is -2.06. The van der Waals surface area contributed by atoms with Crippen LogP contribution in [0.1, 0.15) is 28.0 Å². The molecule has 6 heteroatoms. The molecule has 1 rings (SSSR count).